The molecule has 0 spiro atoms. The zero-order chi connectivity index (χ0) is 28.6. The topological polar surface area (TPSA) is 102 Å². The number of hydrogen-bond donors (Lipinski definition) is 1. The van der Waals surface area contributed by atoms with Gasteiger partial charge in [0.15, 0.2) is 11.5 Å². The lowest BCUT2D eigenvalue weighted by atomic mass is 9.94. The van der Waals surface area contributed by atoms with Crippen molar-refractivity contribution in [2.75, 3.05) is 19.1 Å². The van der Waals surface area contributed by atoms with E-state index < -0.39 is 29.5 Å². The summed E-state index contributed by atoms with van der Waals surface area (Å²) < 4.78 is 15.8. The van der Waals surface area contributed by atoms with E-state index in [0.717, 1.165) is 11.1 Å². The zero-order valence-corrected chi connectivity index (χ0v) is 23.3. The van der Waals surface area contributed by atoms with Gasteiger partial charge in [0, 0.05) is 12.6 Å². The maximum Gasteiger partial charge on any atom is 0.308 e. The Morgan fingerprint density at radius 2 is 1.56 bits per heavy atom. The van der Waals surface area contributed by atoms with Gasteiger partial charge in [0.1, 0.15) is 16.5 Å². The smallest absolute Gasteiger partial charge is 0.308 e. The van der Waals surface area contributed by atoms with Crippen molar-refractivity contribution in [2.24, 2.45) is 0 Å². The van der Waals surface area contributed by atoms with Crippen molar-refractivity contribution in [3.63, 3.8) is 0 Å². The summed E-state index contributed by atoms with van der Waals surface area (Å²) in [5, 5.41) is 11.6. The van der Waals surface area contributed by atoms with E-state index in [1.807, 2.05) is 19.9 Å². The van der Waals surface area contributed by atoms with Crippen LogP contribution in [0.3, 0.4) is 0 Å². The second-order valence-electron chi connectivity index (χ2n) is 8.89. The average Bonchev–Trinajstić information content (AvgIpc) is 3.15. The van der Waals surface area contributed by atoms with Gasteiger partial charge in [0.05, 0.1) is 36.4 Å². The SMILES string of the molecule is COc1c(Cl)cc(/C(O)=C2\C(=O)C(=O)N(c3ccc(C)c(C)c3)C2c2ccc(OC(C)=O)cc2)c(OC)c1Cl. The van der Waals surface area contributed by atoms with Crippen LogP contribution in [0.15, 0.2) is 54.1 Å². The van der Waals surface area contributed by atoms with E-state index in [4.69, 9.17) is 37.4 Å². The number of aryl methyl sites for hydroxylation is 2. The maximum atomic E-state index is 13.5. The van der Waals surface area contributed by atoms with Crippen molar-refractivity contribution in [1.29, 1.82) is 0 Å². The summed E-state index contributed by atoms with van der Waals surface area (Å²) in [6.45, 7) is 5.10. The summed E-state index contributed by atoms with van der Waals surface area (Å²) in [5.41, 5.74) is 2.67. The van der Waals surface area contributed by atoms with Gasteiger partial charge in [-0.2, -0.15) is 0 Å². The Hall–Kier alpha value is -4.01. The number of esters is 1. The Morgan fingerprint density at radius 1 is 0.923 bits per heavy atom. The normalized spacial score (nSPS) is 16.4. The molecule has 1 fully saturated rings. The van der Waals surface area contributed by atoms with Crippen molar-refractivity contribution in [3.8, 4) is 17.2 Å². The van der Waals surface area contributed by atoms with Crippen LogP contribution in [-0.2, 0) is 14.4 Å². The molecule has 1 atom stereocenters. The number of amides is 1. The minimum absolute atomic E-state index is 0.00733. The first kappa shape index (κ1) is 28.0. The van der Waals surface area contributed by atoms with Crippen LogP contribution < -0.4 is 19.1 Å². The van der Waals surface area contributed by atoms with E-state index in [1.165, 1.54) is 32.1 Å². The molecule has 1 saturated heterocycles. The minimum atomic E-state index is -1.04. The summed E-state index contributed by atoms with van der Waals surface area (Å²) in [5.74, 6) is -2.36. The molecule has 0 aliphatic carbocycles. The number of rotatable bonds is 6. The van der Waals surface area contributed by atoms with Crippen LogP contribution in [0, 0.1) is 13.8 Å². The lowest BCUT2D eigenvalue weighted by molar-refractivity contribution is -0.132. The molecule has 0 saturated carbocycles. The summed E-state index contributed by atoms with van der Waals surface area (Å²) in [6, 6.07) is 12.0. The van der Waals surface area contributed by atoms with Crippen molar-refractivity contribution < 1.29 is 33.7 Å². The zero-order valence-electron chi connectivity index (χ0n) is 21.8. The number of ketones is 1. The van der Waals surface area contributed by atoms with E-state index in [1.54, 1.807) is 36.4 Å². The third kappa shape index (κ3) is 5.05. The summed E-state index contributed by atoms with van der Waals surface area (Å²) in [6.07, 6.45) is 0. The third-order valence-electron chi connectivity index (χ3n) is 6.47. The van der Waals surface area contributed by atoms with Crippen LogP contribution in [-0.4, -0.2) is 37.0 Å². The second-order valence-corrected chi connectivity index (χ2v) is 9.67. The number of aliphatic hydroxyl groups is 1. The highest BCUT2D eigenvalue weighted by atomic mass is 35.5. The standard InChI is InChI=1S/C29H25Cl2NO7/c1-14-6-9-18(12-15(14)2)32-24(17-7-10-19(11-8-17)39-16(3)33)22(26(35)29(32)36)25(34)20-13-21(30)28(38-5)23(31)27(20)37-4/h6-13,24,34H,1-5H3/b25-22+. The monoisotopic (exact) mass is 569 g/mol. The number of carbonyl (C=O) groups excluding carboxylic acids is 3. The fourth-order valence-corrected chi connectivity index (χ4v) is 5.15. The molecule has 8 nitrogen and oxygen atoms in total. The first-order valence-corrected chi connectivity index (χ1v) is 12.5. The lowest BCUT2D eigenvalue weighted by Crippen LogP contribution is -2.29. The van der Waals surface area contributed by atoms with Crippen molar-refractivity contribution >= 4 is 52.3 Å². The molecule has 1 unspecified atom stereocenters. The summed E-state index contributed by atoms with van der Waals surface area (Å²) >= 11 is 12.8. The van der Waals surface area contributed by atoms with Crippen LogP contribution in [0.1, 0.15) is 35.2 Å². The Morgan fingerprint density at radius 3 is 2.13 bits per heavy atom. The van der Waals surface area contributed by atoms with E-state index in [0.29, 0.717) is 11.3 Å². The predicted molar refractivity (Wildman–Crippen MR) is 148 cm³/mol. The Balaban J connectivity index is 1.99. The fourth-order valence-electron chi connectivity index (χ4n) is 4.47. The molecule has 10 heteroatoms. The summed E-state index contributed by atoms with van der Waals surface area (Å²) in [7, 11) is 2.71. The highest BCUT2D eigenvalue weighted by Crippen LogP contribution is 2.48. The molecule has 0 bridgehead atoms. The molecule has 1 amide bonds. The first-order valence-electron chi connectivity index (χ1n) is 11.8. The van der Waals surface area contributed by atoms with Crippen molar-refractivity contribution in [1.82, 2.24) is 0 Å². The molecule has 1 heterocycles. The molecule has 0 radical (unpaired) electrons. The molecule has 1 aliphatic heterocycles. The van der Waals surface area contributed by atoms with Crippen LogP contribution in [0.25, 0.3) is 5.76 Å². The van der Waals surface area contributed by atoms with E-state index in [2.05, 4.69) is 0 Å². The highest BCUT2D eigenvalue weighted by molar-refractivity contribution is 6.52. The predicted octanol–water partition coefficient (Wildman–Crippen LogP) is 6.18. The number of halogens is 2. The van der Waals surface area contributed by atoms with Crippen LogP contribution in [0.2, 0.25) is 10.0 Å². The Labute approximate surface area is 235 Å². The van der Waals surface area contributed by atoms with Crippen molar-refractivity contribution in [2.45, 2.75) is 26.8 Å². The molecule has 202 valence electrons. The molecule has 3 aromatic carbocycles. The molecule has 1 aliphatic rings. The van der Waals surface area contributed by atoms with Crippen molar-refractivity contribution in [3.05, 3.63) is 86.4 Å². The van der Waals surface area contributed by atoms with Crippen LogP contribution >= 0.6 is 23.2 Å². The molecule has 39 heavy (non-hydrogen) atoms. The van der Waals surface area contributed by atoms with E-state index >= 15 is 0 Å². The molecule has 1 N–H and O–H groups in total. The van der Waals surface area contributed by atoms with Gasteiger partial charge in [-0.15, -0.1) is 0 Å². The quantitative estimate of drug-likeness (QED) is 0.124. The number of nitrogens with zero attached hydrogens (tertiary/aromatic N) is 1. The molecular weight excluding hydrogens is 545 g/mol. The lowest BCUT2D eigenvalue weighted by Gasteiger charge is -2.26. The maximum absolute atomic E-state index is 13.5. The van der Waals surface area contributed by atoms with Gasteiger partial charge in [-0.1, -0.05) is 41.4 Å². The number of carbonyl (C=O) groups is 3. The Bertz CT molecular complexity index is 1530. The number of aliphatic hydroxyl groups excluding tert-OH is 1. The first-order chi connectivity index (χ1) is 18.5. The fraction of sp³-hybridized carbons (Fsp3) is 0.207. The second kappa shape index (κ2) is 11.0. The highest BCUT2D eigenvalue weighted by Gasteiger charge is 2.47. The van der Waals surface area contributed by atoms with Gasteiger partial charge < -0.3 is 19.3 Å². The van der Waals surface area contributed by atoms with Crippen LogP contribution in [0.5, 0.6) is 17.2 Å². The van der Waals surface area contributed by atoms with E-state index in [9.17, 15) is 19.5 Å². The van der Waals surface area contributed by atoms with Gasteiger partial charge in [-0.25, -0.2) is 0 Å². The average molecular weight is 570 g/mol. The van der Waals surface area contributed by atoms with Crippen LogP contribution in [0.4, 0.5) is 5.69 Å². The number of ether oxygens (including phenoxy) is 3. The number of anilines is 1. The molecular formula is C29H25Cl2NO7. The van der Waals surface area contributed by atoms with E-state index in [-0.39, 0.29) is 38.4 Å². The molecule has 0 aromatic heterocycles. The Kier molecular flexibility index (Phi) is 7.90. The third-order valence-corrected chi connectivity index (χ3v) is 7.09. The molecule has 3 aromatic rings. The number of benzene rings is 3. The number of methoxy groups -OCH3 is 2. The number of Topliss-reactive ketones (excluding diaryl/α,β-unsaturated/α-hetero) is 1. The van der Waals surface area contributed by atoms with Gasteiger partial charge in [0.25, 0.3) is 11.7 Å². The largest absolute Gasteiger partial charge is 0.507 e. The van der Waals surface area contributed by atoms with Gasteiger partial charge in [-0.05, 0) is 60.9 Å². The van der Waals surface area contributed by atoms with Gasteiger partial charge >= 0.3 is 5.97 Å². The van der Waals surface area contributed by atoms with Gasteiger partial charge in [0.2, 0.25) is 0 Å². The summed E-state index contributed by atoms with van der Waals surface area (Å²) in [4.78, 5) is 39.7. The van der Waals surface area contributed by atoms with Gasteiger partial charge in [-0.3, -0.25) is 19.3 Å². The minimum Gasteiger partial charge on any atom is -0.507 e. The number of hydrogen-bond acceptors (Lipinski definition) is 7. The molecule has 4 rings (SSSR count).